The number of nitrogens with zero attached hydrogens (tertiary/aromatic N) is 2. The fourth-order valence-electron chi connectivity index (χ4n) is 2.84. The Kier molecular flexibility index (Phi) is 4.55. The van der Waals surface area contributed by atoms with E-state index in [0.29, 0.717) is 17.1 Å². The first-order valence-electron chi connectivity index (χ1n) is 8.68. The first-order valence-corrected chi connectivity index (χ1v) is 8.68. The second-order valence-electron chi connectivity index (χ2n) is 6.27. The molecule has 2 aromatic carbocycles. The van der Waals surface area contributed by atoms with Crippen LogP contribution in [0.5, 0.6) is 0 Å². The van der Waals surface area contributed by atoms with Crippen LogP contribution < -0.4 is 10.6 Å². The molecule has 0 aliphatic carbocycles. The lowest BCUT2D eigenvalue weighted by Gasteiger charge is -2.04. The lowest BCUT2D eigenvalue weighted by Crippen LogP contribution is -2.11. The lowest BCUT2D eigenvalue weighted by atomic mass is 10.2. The van der Waals surface area contributed by atoms with Gasteiger partial charge in [0.2, 0.25) is 5.91 Å². The van der Waals surface area contributed by atoms with Crippen LogP contribution in [0, 0.1) is 0 Å². The van der Waals surface area contributed by atoms with Crippen LogP contribution in [0.15, 0.2) is 67.0 Å². The number of amides is 2. The highest BCUT2D eigenvalue weighted by Gasteiger charge is 2.09. The molecule has 0 aliphatic heterocycles. The molecule has 2 heterocycles. The summed E-state index contributed by atoms with van der Waals surface area (Å²) in [7, 11) is 0. The summed E-state index contributed by atoms with van der Waals surface area (Å²) >= 11 is 0. The number of carbonyl (C=O) groups is 2. The second kappa shape index (κ2) is 7.32. The van der Waals surface area contributed by atoms with Crippen molar-refractivity contribution in [3.63, 3.8) is 0 Å². The standard InChI is InChI=1S/C21H17N5O2/c1-13(27)23-16-6-4-14(5-7-16)20-25-18-9-8-17(11-19(18)26-20)24-21(28)15-3-2-10-22-12-15/h2-12H,1H3,(H,23,27)(H,24,28)(H,25,26). The number of aromatic nitrogens is 3. The van der Waals surface area contributed by atoms with Crippen LogP contribution >= 0.6 is 0 Å². The molecule has 7 heteroatoms. The normalized spacial score (nSPS) is 10.6. The molecule has 0 radical (unpaired) electrons. The van der Waals surface area contributed by atoms with Crippen molar-refractivity contribution < 1.29 is 9.59 Å². The Hall–Kier alpha value is -4.00. The predicted molar refractivity (Wildman–Crippen MR) is 108 cm³/mol. The molecule has 4 rings (SSSR count). The molecule has 7 nitrogen and oxygen atoms in total. The fourth-order valence-corrected chi connectivity index (χ4v) is 2.84. The highest BCUT2D eigenvalue weighted by atomic mass is 16.2. The minimum absolute atomic E-state index is 0.114. The molecule has 0 unspecified atom stereocenters. The maximum atomic E-state index is 12.3. The molecule has 0 aliphatic rings. The summed E-state index contributed by atoms with van der Waals surface area (Å²) in [6.45, 7) is 1.47. The van der Waals surface area contributed by atoms with E-state index in [1.54, 1.807) is 24.4 Å². The van der Waals surface area contributed by atoms with Gasteiger partial charge in [0.1, 0.15) is 5.82 Å². The van der Waals surface area contributed by atoms with E-state index in [0.717, 1.165) is 22.3 Å². The molecule has 3 N–H and O–H groups in total. The van der Waals surface area contributed by atoms with Gasteiger partial charge in [0.05, 0.1) is 16.6 Å². The van der Waals surface area contributed by atoms with E-state index in [2.05, 4.69) is 25.6 Å². The topological polar surface area (TPSA) is 99.8 Å². The van der Waals surface area contributed by atoms with E-state index in [-0.39, 0.29) is 11.8 Å². The zero-order valence-corrected chi connectivity index (χ0v) is 15.1. The Balaban J connectivity index is 1.56. The second-order valence-corrected chi connectivity index (χ2v) is 6.27. The van der Waals surface area contributed by atoms with E-state index < -0.39 is 0 Å². The van der Waals surface area contributed by atoms with Crippen LogP contribution in [0.2, 0.25) is 0 Å². The van der Waals surface area contributed by atoms with E-state index in [1.165, 1.54) is 13.1 Å². The van der Waals surface area contributed by atoms with Gasteiger partial charge in [-0.05, 0) is 54.6 Å². The molecule has 2 amide bonds. The van der Waals surface area contributed by atoms with Crippen LogP contribution in [0.3, 0.4) is 0 Å². The Bertz CT molecular complexity index is 1150. The van der Waals surface area contributed by atoms with Crippen molar-refractivity contribution >= 4 is 34.2 Å². The molecule has 0 atom stereocenters. The summed E-state index contributed by atoms with van der Waals surface area (Å²) in [5.41, 5.74) is 4.38. The number of rotatable bonds is 4. The van der Waals surface area contributed by atoms with Gasteiger partial charge in [-0.2, -0.15) is 0 Å². The van der Waals surface area contributed by atoms with Gasteiger partial charge in [0.15, 0.2) is 0 Å². The molecular weight excluding hydrogens is 354 g/mol. The van der Waals surface area contributed by atoms with E-state index >= 15 is 0 Å². The van der Waals surface area contributed by atoms with Crippen molar-refractivity contribution in [3.05, 3.63) is 72.6 Å². The van der Waals surface area contributed by atoms with Crippen molar-refractivity contribution in [2.45, 2.75) is 6.92 Å². The number of nitrogens with one attached hydrogen (secondary N) is 3. The number of aromatic amines is 1. The average molecular weight is 371 g/mol. The Morgan fingerprint density at radius 3 is 2.46 bits per heavy atom. The number of hydrogen-bond acceptors (Lipinski definition) is 4. The lowest BCUT2D eigenvalue weighted by molar-refractivity contribution is -0.114. The quantitative estimate of drug-likeness (QED) is 0.507. The Morgan fingerprint density at radius 1 is 0.964 bits per heavy atom. The molecule has 0 spiro atoms. The number of hydrogen-bond donors (Lipinski definition) is 3. The smallest absolute Gasteiger partial charge is 0.257 e. The van der Waals surface area contributed by atoms with Gasteiger partial charge in [-0.3, -0.25) is 14.6 Å². The van der Waals surface area contributed by atoms with Crippen molar-refractivity contribution in [1.82, 2.24) is 15.0 Å². The highest BCUT2D eigenvalue weighted by Crippen LogP contribution is 2.24. The highest BCUT2D eigenvalue weighted by molar-refractivity contribution is 6.04. The van der Waals surface area contributed by atoms with Gasteiger partial charge in [0.25, 0.3) is 5.91 Å². The molecule has 4 aromatic rings. The summed E-state index contributed by atoms with van der Waals surface area (Å²) < 4.78 is 0. The molecule has 0 fully saturated rings. The van der Waals surface area contributed by atoms with Gasteiger partial charge in [-0.15, -0.1) is 0 Å². The van der Waals surface area contributed by atoms with E-state index in [1.807, 2.05) is 36.4 Å². The number of fused-ring (bicyclic) bond motifs is 1. The van der Waals surface area contributed by atoms with Crippen LogP contribution in [0.1, 0.15) is 17.3 Å². The molecule has 0 bridgehead atoms. The number of benzene rings is 2. The number of pyridine rings is 1. The van der Waals surface area contributed by atoms with Gasteiger partial charge >= 0.3 is 0 Å². The first kappa shape index (κ1) is 17.4. The third-order valence-electron chi connectivity index (χ3n) is 4.14. The maximum Gasteiger partial charge on any atom is 0.257 e. The van der Waals surface area contributed by atoms with Crippen molar-refractivity contribution in [2.75, 3.05) is 10.6 Å². The average Bonchev–Trinajstić information content (AvgIpc) is 3.12. The van der Waals surface area contributed by atoms with Crippen molar-refractivity contribution in [1.29, 1.82) is 0 Å². The Labute approximate surface area is 160 Å². The molecule has 138 valence electrons. The summed E-state index contributed by atoms with van der Waals surface area (Å²) in [4.78, 5) is 35.2. The number of H-pyrrole nitrogens is 1. The predicted octanol–water partition coefficient (Wildman–Crippen LogP) is 3.84. The minimum Gasteiger partial charge on any atom is -0.338 e. The SMILES string of the molecule is CC(=O)Nc1ccc(-c2nc3ccc(NC(=O)c4cccnc4)cc3[nH]2)cc1. The number of imidazole rings is 1. The van der Waals surface area contributed by atoms with E-state index in [9.17, 15) is 9.59 Å². The van der Waals surface area contributed by atoms with Crippen LogP contribution in [-0.4, -0.2) is 26.8 Å². The monoisotopic (exact) mass is 371 g/mol. The molecule has 28 heavy (non-hydrogen) atoms. The summed E-state index contributed by atoms with van der Waals surface area (Å²) in [6.07, 6.45) is 3.14. The van der Waals surface area contributed by atoms with Crippen molar-refractivity contribution in [3.8, 4) is 11.4 Å². The maximum absolute atomic E-state index is 12.3. The van der Waals surface area contributed by atoms with Crippen LogP contribution in [-0.2, 0) is 4.79 Å². The van der Waals surface area contributed by atoms with Gasteiger partial charge < -0.3 is 15.6 Å². The fraction of sp³-hybridized carbons (Fsp3) is 0.0476. The van der Waals surface area contributed by atoms with Gasteiger partial charge in [0, 0.05) is 36.3 Å². The van der Waals surface area contributed by atoms with Gasteiger partial charge in [-0.1, -0.05) is 0 Å². The third kappa shape index (κ3) is 3.73. The third-order valence-corrected chi connectivity index (χ3v) is 4.14. The zero-order chi connectivity index (χ0) is 19.5. The van der Waals surface area contributed by atoms with Crippen LogP contribution in [0.4, 0.5) is 11.4 Å². The summed E-state index contributed by atoms with van der Waals surface area (Å²) in [6, 6.07) is 16.3. The molecular formula is C21H17N5O2. The zero-order valence-electron chi connectivity index (χ0n) is 15.1. The molecule has 0 saturated carbocycles. The summed E-state index contributed by atoms with van der Waals surface area (Å²) in [5.74, 6) is 0.373. The Morgan fingerprint density at radius 2 is 1.75 bits per heavy atom. The molecule has 2 aromatic heterocycles. The molecule has 0 saturated heterocycles. The summed E-state index contributed by atoms with van der Waals surface area (Å²) in [5, 5.41) is 5.59. The largest absolute Gasteiger partial charge is 0.338 e. The minimum atomic E-state index is -0.222. The first-order chi connectivity index (χ1) is 13.6. The van der Waals surface area contributed by atoms with Crippen molar-refractivity contribution in [2.24, 2.45) is 0 Å². The number of anilines is 2. The van der Waals surface area contributed by atoms with E-state index in [4.69, 9.17) is 0 Å². The number of carbonyl (C=O) groups excluding carboxylic acids is 2. The van der Waals surface area contributed by atoms with Crippen LogP contribution in [0.25, 0.3) is 22.4 Å². The van der Waals surface area contributed by atoms with Gasteiger partial charge in [-0.25, -0.2) is 4.98 Å².